The first kappa shape index (κ1) is 22.2. The van der Waals surface area contributed by atoms with Crippen LogP contribution in [0.2, 0.25) is 0 Å². The number of methoxy groups -OCH3 is 1. The van der Waals surface area contributed by atoms with Crippen molar-refractivity contribution in [2.45, 2.75) is 6.61 Å². The number of phenols is 2. The van der Waals surface area contributed by atoms with Gasteiger partial charge in [0.25, 0.3) is 0 Å². The van der Waals surface area contributed by atoms with E-state index >= 15 is 0 Å². The first-order valence-electron chi connectivity index (χ1n) is 10.5. The van der Waals surface area contributed by atoms with E-state index in [1.807, 2.05) is 30.3 Å². The summed E-state index contributed by atoms with van der Waals surface area (Å²) in [6, 6.07) is 19.8. The van der Waals surface area contributed by atoms with E-state index in [1.165, 1.54) is 13.2 Å². The van der Waals surface area contributed by atoms with Crippen LogP contribution in [0.25, 0.3) is 12.2 Å². The topological polar surface area (TPSA) is 90.2 Å². The molecule has 0 bridgehead atoms. The lowest BCUT2D eigenvalue weighted by molar-refractivity contribution is -0.112. The number of anilines is 1. The number of benzene rings is 3. The summed E-state index contributed by atoms with van der Waals surface area (Å²) >= 11 is 0. The quantitative estimate of drug-likeness (QED) is 0.513. The molecule has 4 rings (SSSR count). The number of aliphatic hydroxyl groups is 1. The molecule has 1 heterocycles. The van der Waals surface area contributed by atoms with Crippen LogP contribution in [0.15, 0.2) is 77.9 Å². The molecule has 0 spiro atoms. The predicted octanol–water partition coefficient (Wildman–Crippen LogP) is 4.16. The zero-order valence-electron chi connectivity index (χ0n) is 18.2. The number of carbonyl (C=O) groups excluding carboxylic acids is 1. The molecule has 1 saturated heterocycles. The Labute approximate surface area is 192 Å². The van der Waals surface area contributed by atoms with Gasteiger partial charge in [-0.2, -0.15) is 0 Å². The number of rotatable bonds is 5. The summed E-state index contributed by atoms with van der Waals surface area (Å²) in [6.07, 6.45) is 3.54. The SMILES string of the molecule is COc1ccc(/C=C2\CN(c3ccccc3)C/C(=C\c3ccc(CO)c(O)c3)C2=O)cc1O. The van der Waals surface area contributed by atoms with Crippen LogP contribution in [0, 0.1) is 0 Å². The Morgan fingerprint density at radius 1 is 0.879 bits per heavy atom. The molecule has 33 heavy (non-hydrogen) atoms. The third kappa shape index (κ3) is 4.91. The van der Waals surface area contributed by atoms with E-state index in [-0.39, 0.29) is 23.9 Å². The minimum absolute atomic E-state index is 0.00485. The monoisotopic (exact) mass is 443 g/mol. The van der Waals surface area contributed by atoms with Crippen molar-refractivity contribution in [2.24, 2.45) is 0 Å². The summed E-state index contributed by atoms with van der Waals surface area (Å²) in [5.74, 6) is 0.262. The van der Waals surface area contributed by atoms with Crippen LogP contribution in [-0.2, 0) is 11.4 Å². The molecule has 0 unspecified atom stereocenters. The van der Waals surface area contributed by atoms with Crippen molar-refractivity contribution in [3.63, 3.8) is 0 Å². The normalized spacial score (nSPS) is 16.4. The van der Waals surface area contributed by atoms with E-state index in [0.717, 1.165) is 5.69 Å². The fourth-order valence-corrected chi connectivity index (χ4v) is 3.86. The van der Waals surface area contributed by atoms with Gasteiger partial charge in [-0.1, -0.05) is 36.4 Å². The van der Waals surface area contributed by atoms with Crippen LogP contribution >= 0.6 is 0 Å². The fourth-order valence-electron chi connectivity index (χ4n) is 3.86. The highest BCUT2D eigenvalue weighted by Crippen LogP contribution is 2.30. The Morgan fingerprint density at radius 3 is 2.03 bits per heavy atom. The smallest absolute Gasteiger partial charge is 0.188 e. The third-order valence-electron chi connectivity index (χ3n) is 5.59. The van der Waals surface area contributed by atoms with Gasteiger partial charge < -0.3 is 25.0 Å². The van der Waals surface area contributed by atoms with Gasteiger partial charge in [0.2, 0.25) is 0 Å². The summed E-state index contributed by atoms with van der Waals surface area (Å²) < 4.78 is 5.10. The number of para-hydroxylation sites is 1. The lowest BCUT2D eigenvalue weighted by Crippen LogP contribution is -2.37. The minimum Gasteiger partial charge on any atom is -0.508 e. The highest BCUT2D eigenvalue weighted by molar-refractivity contribution is 6.15. The van der Waals surface area contributed by atoms with Gasteiger partial charge in [0.05, 0.1) is 13.7 Å². The summed E-state index contributed by atoms with van der Waals surface area (Å²) in [5.41, 5.74) is 3.93. The first-order valence-corrected chi connectivity index (χ1v) is 10.5. The molecule has 1 aliphatic rings. The van der Waals surface area contributed by atoms with Crippen LogP contribution in [0.5, 0.6) is 17.2 Å². The highest BCUT2D eigenvalue weighted by Gasteiger charge is 2.26. The van der Waals surface area contributed by atoms with Gasteiger partial charge in [0, 0.05) is 35.5 Å². The Morgan fingerprint density at radius 2 is 1.48 bits per heavy atom. The molecule has 168 valence electrons. The summed E-state index contributed by atoms with van der Waals surface area (Å²) in [7, 11) is 1.48. The fraction of sp³-hybridized carbons (Fsp3) is 0.148. The van der Waals surface area contributed by atoms with Crippen LogP contribution in [-0.4, -0.2) is 41.3 Å². The van der Waals surface area contributed by atoms with Crippen molar-refractivity contribution in [2.75, 3.05) is 25.1 Å². The van der Waals surface area contributed by atoms with Crippen LogP contribution in [0.1, 0.15) is 16.7 Å². The van der Waals surface area contributed by atoms with Crippen LogP contribution in [0.4, 0.5) is 5.69 Å². The van der Waals surface area contributed by atoms with Gasteiger partial charge in [0.1, 0.15) is 5.75 Å². The molecule has 0 aliphatic carbocycles. The van der Waals surface area contributed by atoms with Gasteiger partial charge >= 0.3 is 0 Å². The molecule has 0 radical (unpaired) electrons. The van der Waals surface area contributed by atoms with Gasteiger partial charge in [0.15, 0.2) is 17.3 Å². The maximum Gasteiger partial charge on any atom is 0.188 e. The highest BCUT2D eigenvalue weighted by atomic mass is 16.5. The lowest BCUT2D eigenvalue weighted by atomic mass is 9.93. The van der Waals surface area contributed by atoms with Gasteiger partial charge in [-0.05, 0) is 53.6 Å². The van der Waals surface area contributed by atoms with Gasteiger partial charge in [-0.15, -0.1) is 0 Å². The van der Waals surface area contributed by atoms with Crippen molar-refractivity contribution in [3.05, 3.63) is 94.6 Å². The molecule has 0 amide bonds. The predicted molar refractivity (Wildman–Crippen MR) is 128 cm³/mol. The molecule has 0 atom stereocenters. The number of carbonyl (C=O) groups is 1. The molecule has 1 aliphatic heterocycles. The molecule has 0 saturated carbocycles. The zero-order chi connectivity index (χ0) is 23.4. The van der Waals surface area contributed by atoms with E-state index in [2.05, 4.69) is 4.90 Å². The third-order valence-corrected chi connectivity index (χ3v) is 5.59. The number of nitrogens with zero attached hydrogens (tertiary/aromatic N) is 1. The number of aromatic hydroxyl groups is 2. The Kier molecular flexibility index (Phi) is 6.47. The summed E-state index contributed by atoms with van der Waals surface area (Å²) in [4.78, 5) is 15.5. The second-order valence-electron chi connectivity index (χ2n) is 7.84. The number of ketones is 1. The Balaban J connectivity index is 1.74. The number of phenolic OH excluding ortho intramolecular Hbond substituents is 1. The van der Waals surface area contributed by atoms with E-state index in [9.17, 15) is 20.1 Å². The van der Waals surface area contributed by atoms with Crippen LogP contribution in [0.3, 0.4) is 0 Å². The number of Topliss-reactive ketones (excluding diaryl/α,β-unsaturated/α-hetero) is 1. The molecule has 3 N–H and O–H groups in total. The Bertz CT molecular complexity index is 1160. The second kappa shape index (κ2) is 9.63. The number of aliphatic hydroxyl groups excluding tert-OH is 1. The maximum atomic E-state index is 13.4. The van der Waals surface area contributed by atoms with Crippen molar-refractivity contribution in [1.82, 2.24) is 0 Å². The first-order chi connectivity index (χ1) is 16.0. The zero-order valence-corrected chi connectivity index (χ0v) is 18.2. The van der Waals surface area contributed by atoms with Crippen molar-refractivity contribution < 1.29 is 24.9 Å². The van der Waals surface area contributed by atoms with Crippen LogP contribution < -0.4 is 9.64 Å². The number of ether oxygens (including phenoxy) is 1. The molecular weight excluding hydrogens is 418 g/mol. The molecule has 3 aromatic carbocycles. The summed E-state index contributed by atoms with van der Waals surface area (Å²) in [6.45, 7) is 0.573. The van der Waals surface area contributed by atoms with E-state index < -0.39 is 0 Å². The van der Waals surface area contributed by atoms with E-state index in [4.69, 9.17) is 4.74 Å². The van der Waals surface area contributed by atoms with Crippen molar-refractivity contribution >= 4 is 23.6 Å². The van der Waals surface area contributed by atoms with Crippen molar-refractivity contribution in [1.29, 1.82) is 0 Å². The van der Waals surface area contributed by atoms with Gasteiger partial charge in [-0.25, -0.2) is 0 Å². The second-order valence-corrected chi connectivity index (χ2v) is 7.84. The average molecular weight is 443 g/mol. The van der Waals surface area contributed by atoms with E-state index in [0.29, 0.717) is 46.7 Å². The minimum atomic E-state index is -0.259. The molecule has 3 aromatic rings. The van der Waals surface area contributed by atoms with Crippen molar-refractivity contribution in [3.8, 4) is 17.2 Å². The molecule has 1 fully saturated rings. The standard InChI is InChI=1S/C27H25NO5/c1-33-26-10-8-19(14-25(26)31)12-22-16-28(23-5-3-2-4-6-23)15-21(27(22)32)11-18-7-9-20(17-29)24(30)13-18/h2-14,29-31H,15-17H2,1H3/b21-11+,22-12+. The molecular formula is C27H25NO5. The van der Waals surface area contributed by atoms with Gasteiger partial charge in [-0.3, -0.25) is 4.79 Å². The number of hydrogen-bond acceptors (Lipinski definition) is 6. The molecule has 0 aromatic heterocycles. The Hall–Kier alpha value is -4.03. The van der Waals surface area contributed by atoms with E-state index in [1.54, 1.807) is 42.5 Å². The lowest BCUT2D eigenvalue weighted by Gasteiger charge is -2.31. The number of hydrogen-bond donors (Lipinski definition) is 3. The molecule has 6 heteroatoms. The summed E-state index contributed by atoms with van der Waals surface area (Å²) in [5, 5.41) is 29.5. The largest absolute Gasteiger partial charge is 0.508 e. The maximum absolute atomic E-state index is 13.4. The average Bonchev–Trinajstić information content (AvgIpc) is 2.82. The molecule has 6 nitrogen and oxygen atoms in total. The number of piperidine rings is 1.